The number of carbonyl (C=O) groups is 1. The van der Waals surface area contributed by atoms with E-state index < -0.39 is 5.60 Å². The number of carbonyl (C=O) groups excluding carboxylic acids is 1. The highest BCUT2D eigenvalue weighted by Crippen LogP contribution is 2.23. The molecule has 3 rings (SSSR count). The summed E-state index contributed by atoms with van der Waals surface area (Å²) in [4.78, 5) is 16.0. The van der Waals surface area contributed by atoms with Crippen LogP contribution in [0.4, 0.5) is 4.39 Å². The zero-order valence-electron chi connectivity index (χ0n) is 14.3. The van der Waals surface area contributed by atoms with E-state index in [9.17, 15) is 14.3 Å². The van der Waals surface area contributed by atoms with Crippen LogP contribution in [0.1, 0.15) is 12.0 Å². The number of β-amino-alcohol motifs (C(OH)–C–C–N with tert-alkyl or cyclic N) is 1. The van der Waals surface area contributed by atoms with E-state index in [1.807, 2.05) is 11.9 Å². The number of nitrogens with zero attached hydrogens (tertiary/aromatic N) is 4. The summed E-state index contributed by atoms with van der Waals surface area (Å²) in [7, 11) is 1.91. The summed E-state index contributed by atoms with van der Waals surface area (Å²) >= 11 is 0. The van der Waals surface area contributed by atoms with Gasteiger partial charge in [-0.25, -0.2) is 4.39 Å². The Labute approximate surface area is 146 Å². The van der Waals surface area contributed by atoms with E-state index in [0.29, 0.717) is 32.6 Å². The third-order valence-electron chi connectivity index (χ3n) is 4.47. The van der Waals surface area contributed by atoms with Crippen molar-refractivity contribution in [1.82, 2.24) is 19.6 Å². The van der Waals surface area contributed by atoms with Gasteiger partial charge in [-0.1, -0.05) is 12.1 Å². The first-order valence-electron chi connectivity index (χ1n) is 8.34. The predicted octanol–water partition coefficient (Wildman–Crippen LogP) is 1.12. The fourth-order valence-electron chi connectivity index (χ4n) is 3.29. The van der Waals surface area contributed by atoms with Crippen LogP contribution in [-0.2, 0) is 17.9 Å². The Morgan fingerprint density at radius 1 is 1.40 bits per heavy atom. The van der Waals surface area contributed by atoms with Gasteiger partial charge in [-0.15, -0.1) is 0 Å². The molecule has 1 aliphatic rings. The van der Waals surface area contributed by atoms with E-state index >= 15 is 0 Å². The molecule has 0 saturated carbocycles. The van der Waals surface area contributed by atoms with Gasteiger partial charge in [-0.3, -0.25) is 14.4 Å². The van der Waals surface area contributed by atoms with E-state index in [1.165, 1.54) is 12.1 Å². The molecule has 1 aromatic heterocycles. The molecule has 25 heavy (non-hydrogen) atoms. The molecule has 1 saturated heterocycles. The smallest absolute Gasteiger partial charge is 0.244 e. The van der Waals surface area contributed by atoms with E-state index in [0.717, 1.165) is 5.56 Å². The molecule has 1 N–H and O–H groups in total. The number of aromatic nitrogens is 2. The van der Waals surface area contributed by atoms with Crippen molar-refractivity contribution in [1.29, 1.82) is 0 Å². The molecular weight excluding hydrogens is 323 g/mol. The summed E-state index contributed by atoms with van der Waals surface area (Å²) in [5.74, 6) is -0.298. The van der Waals surface area contributed by atoms with Gasteiger partial charge in [-0.2, -0.15) is 5.10 Å². The van der Waals surface area contributed by atoms with Crippen molar-refractivity contribution in [3.05, 3.63) is 54.1 Å². The number of rotatable bonds is 6. The molecule has 1 atom stereocenters. The second-order valence-electron chi connectivity index (χ2n) is 6.79. The quantitative estimate of drug-likeness (QED) is 0.851. The standard InChI is InChI=1S/C18H23FN4O2/c1-21(11-15-3-5-16(19)6-4-15)13-18(25)7-10-22(14-18)17(24)12-23-9-2-8-20-23/h2-6,8-9,25H,7,10-14H2,1H3/t18-/m0/s1. The minimum atomic E-state index is -0.922. The van der Waals surface area contributed by atoms with Crippen molar-refractivity contribution >= 4 is 5.91 Å². The fraction of sp³-hybridized carbons (Fsp3) is 0.444. The van der Waals surface area contributed by atoms with Crippen LogP contribution in [-0.4, -0.2) is 62.9 Å². The summed E-state index contributed by atoms with van der Waals surface area (Å²) in [5.41, 5.74) is 0.0614. The van der Waals surface area contributed by atoms with Gasteiger partial charge in [0.25, 0.3) is 0 Å². The molecule has 0 bridgehead atoms. The Morgan fingerprint density at radius 3 is 2.84 bits per heavy atom. The maximum Gasteiger partial charge on any atom is 0.244 e. The molecule has 6 nitrogen and oxygen atoms in total. The normalized spacial score (nSPS) is 20.4. The number of benzene rings is 1. The maximum absolute atomic E-state index is 13.0. The Bertz CT molecular complexity index is 704. The van der Waals surface area contributed by atoms with Gasteiger partial charge in [0.1, 0.15) is 12.4 Å². The minimum Gasteiger partial charge on any atom is -0.387 e. The molecular formula is C18H23FN4O2. The number of aliphatic hydroxyl groups is 1. The van der Waals surface area contributed by atoms with E-state index in [-0.39, 0.29) is 18.3 Å². The summed E-state index contributed by atoms with van der Waals surface area (Å²) in [6, 6.07) is 8.12. The molecule has 2 aromatic rings. The van der Waals surface area contributed by atoms with Crippen LogP contribution in [0.3, 0.4) is 0 Å². The summed E-state index contributed by atoms with van der Waals surface area (Å²) < 4.78 is 14.6. The molecule has 2 heterocycles. The molecule has 1 fully saturated rings. The van der Waals surface area contributed by atoms with Crippen LogP contribution in [0, 0.1) is 5.82 Å². The molecule has 0 radical (unpaired) electrons. The number of hydrogen-bond acceptors (Lipinski definition) is 4. The number of likely N-dealkylation sites (N-methyl/N-ethyl adjacent to an activating group) is 1. The molecule has 134 valence electrons. The molecule has 0 unspecified atom stereocenters. The summed E-state index contributed by atoms with van der Waals surface area (Å²) in [5, 5.41) is 14.8. The zero-order chi connectivity index (χ0) is 17.9. The highest BCUT2D eigenvalue weighted by molar-refractivity contribution is 5.76. The number of halogens is 1. The van der Waals surface area contributed by atoms with E-state index in [1.54, 1.807) is 40.2 Å². The van der Waals surface area contributed by atoms with Crippen LogP contribution in [0.5, 0.6) is 0 Å². The van der Waals surface area contributed by atoms with Gasteiger partial charge in [0.05, 0.1) is 12.1 Å². The van der Waals surface area contributed by atoms with Gasteiger partial charge in [0, 0.05) is 32.0 Å². The predicted molar refractivity (Wildman–Crippen MR) is 91.1 cm³/mol. The third-order valence-corrected chi connectivity index (χ3v) is 4.47. The number of amides is 1. The van der Waals surface area contributed by atoms with Crippen molar-refractivity contribution in [2.45, 2.75) is 25.1 Å². The molecule has 1 amide bonds. The SMILES string of the molecule is CN(Cc1ccc(F)cc1)C[C@@]1(O)CCN(C(=O)Cn2cccn2)C1. The minimum absolute atomic E-state index is 0.0409. The largest absolute Gasteiger partial charge is 0.387 e. The lowest BCUT2D eigenvalue weighted by Gasteiger charge is -2.29. The molecule has 1 aliphatic heterocycles. The van der Waals surface area contributed by atoms with Gasteiger partial charge in [0.2, 0.25) is 5.91 Å². The lowest BCUT2D eigenvalue weighted by molar-refractivity contribution is -0.132. The van der Waals surface area contributed by atoms with Gasteiger partial charge in [0.15, 0.2) is 0 Å². The van der Waals surface area contributed by atoms with Crippen LogP contribution in [0.25, 0.3) is 0 Å². The van der Waals surface area contributed by atoms with E-state index in [2.05, 4.69) is 5.10 Å². The lowest BCUT2D eigenvalue weighted by atomic mass is 10.0. The van der Waals surface area contributed by atoms with Crippen LogP contribution in [0.2, 0.25) is 0 Å². The Kier molecular flexibility index (Phi) is 5.15. The van der Waals surface area contributed by atoms with Crippen LogP contribution in [0.15, 0.2) is 42.7 Å². The molecule has 0 spiro atoms. The number of likely N-dealkylation sites (tertiary alicyclic amines) is 1. The van der Waals surface area contributed by atoms with Gasteiger partial charge < -0.3 is 10.0 Å². The topological polar surface area (TPSA) is 61.6 Å². The monoisotopic (exact) mass is 346 g/mol. The van der Waals surface area contributed by atoms with E-state index in [4.69, 9.17) is 0 Å². The first kappa shape index (κ1) is 17.6. The summed E-state index contributed by atoms with van der Waals surface area (Å²) in [6.45, 7) is 2.12. The Morgan fingerprint density at radius 2 is 2.16 bits per heavy atom. The van der Waals surface area contributed by atoms with Crippen molar-refractivity contribution < 1.29 is 14.3 Å². The van der Waals surface area contributed by atoms with Gasteiger partial charge in [-0.05, 0) is 37.2 Å². The van der Waals surface area contributed by atoms with Crippen LogP contribution >= 0.6 is 0 Å². The van der Waals surface area contributed by atoms with Crippen molar-refractivity contribution in [3.63, 3.8) is 0 Å². The number of hydrogen-bond donors (Lipinski definition) is 1. The van der Waals surface area contributed by atoms with Crippen molar-refractivity contribution in [2.75, 3.05) is 26.7 Å². The highest BCUT2D eigenvalue weighted by Gasteiger charge is 2.38. The molecule has 1 aromatic carbocycles. The Balaban J connectivity index is 1.52. The lowest BCUT2D eigenvalue weighted by Crippen LogP contribution is -2.44. The fourth-order valence-corrected chi connectivity index (χ4v) is 3.29. The second-order valence-corrected chi connectivity index (χ2v) is 6.79. The first-order chi connectivity index (χ1) is 11.9. The second kappa shape index (κ2) is 7.33. The van der Waals surface area contributed by atoms with Crippen molar-refractivity contribution in [3.8, 4) is 0 Å². The summed E-state index contributed by atoms with van der Waals surface area (Å²) in [6.07, 6.45) is 3.93. The average molecular weight is 346 g/mol. The molecule has 0 aliphatic carbocycles. The molecule has 7 heteroatoms. The van der Waals surface area contributed by atoms with Crippen LogP contribution < -0.4 is 0 Å². The first-order valence-corrected chi connectivity index (χ1v) is 8.34. The highest BCUT2D eigenvalue weighted by atomic mass is 19.1. The Hall–Kier alpha value is -2.25. The average Bonchev–Trinajstić information content (AvgIpc) is 3.19. The van der Waals surface area contributed by atoms with Gasteiger partial charge >= 0.3 is 0 Å². The van der Waals surface area contributed by atoms with Crippen molar-refractivity contribution in [2.24, 2.45) is 0 Å². The maximum atomic E-state index is 13.0. The zero-order valence-corrected chi connectivity index (χ0v) is 14.3. The third kappa shape index (κ3) is 4.64.